The van der Waals surface area contributed by atoms with E-state index in [2.05, 4.69) is 25.3 Å². The first-order valence-corrected chi connectivity index (χ1v) is 7.83. The van der Waals surface area contributed by atoms with Crippen molar-refractivity contribution in [3.8, 4) is 0 Å². The molecule has 9 nitrogen and oxygen atoms in total. The number of aromatic nitrogens is 4. The second kappa shape index (κ2) is 7.26. The van der Waals surface area contributed by atoms with Crippen molar-refractivity contribution in [1.29, 1.82) is 0 Å². The predicted octanol–water partition coefficient (Wildman–Crippen LogP) is -0.140. The minimum Gasteiger partial charge on any atom is -0.384 e. The Morgan fingerprint density at radius 2 is 2.29 bits per heavy atom. The van der Waals surface area contributed by atoms with Crippen LogP contribution in [-0.4, -0.2) is 52.1 Å². The summed E-state index contributed by atoms with van der Waals surface area (Å²) in [6, 6.07) is 3.30. The molecule has 128 valence electrons. The highest BCUT2D eigenvalue weighted by atomic mass is 16.5. The molecule has 0 unspecified atom stereocenters. The van der Waals surface area contributed by atoms with E-state index in [9.17, 15) is 4.79 Å². The zero-order chi connectivity index (χ0) is 16.9. The number of aryl methyl sites for hydroxylation is 1. The van der Waals surface area contributed by atoms with E-state index in [0.717, 1.165) is 25.2 Å². The minimum atomic E-state index is -0.112. The van der Waals surface area contributed by atoms with Gasteiger partial charge in [-0.25, -0.2) is 14.6 Å². The Bertz CT molecular complexity index is 749. The third kappa shape index (κ3) is 3.99. The number of nitrogens with zero attached hydrogens (tertiary/aromatic N) is 5. The van der Waals surface area contributed by atoms with Crippen LogP contribution >= 0.6 is 0 Å². The van der Waals surface area contributed by atoms with Crippen LogP contribution in [0.1, 0.15) is 6.42 Å². The lowest BCUT2D eigenvalue weighted by Crippen LogP contribution is -2.43. The van der Waals surface area contributed by atoms with Crippen molar-refractivity contribution in [2.45, 2.75) is 12.5 Å². The van der Waals surface area contributed by atoms with Gasteiger partial charge < -0.3 is 20.7 Å². The van der Waals surface area contributed by atoms with Crippen molar-refractivity contribution in [3.05, 3.63) is 35.0 Å². The van der Waals surface area contributed by atoms with Gasteiger partial charge in [-0.15, -0.1) is 0 Å². The third-order valence-electron chi connectivity index (χ3n) is 3.92. The molecular weight excluding hydrogens is 310 g/mol. The molecule has 1 aliphatic rings. The molecule has 9 heteroatoms. The van der Waals surface area contributed by atoms with Gasteiger partial charge >= 0.3 is 0 Å². The van der Waals surface area contributed by atoms with Gasteiger partial charge in [-0.1, -0.05) is 0 Å². The molecule has 0 bridgehead atoms. The van der Waals surface area contributed by atoms with Gasteiger partial charge in [-0.05, 0) is 6.42 Å². The van der Waals surface area contributed by atoms with Gasteiger partial charge in [0.2, 0.25) is 0 Å². The van der Waals surface area contributed by atoms with Gasteiger partial charge in [-0.2, -0.15) is 5.10 Å². The number of anilines is 3. The molecule has 0 amide bonds. The zero-order valence-electron chi connectivity index (χ0n) is 13.6. The van der Waals surface area contributed by atoms with Crippen molar-refractivity contribution >= 4 is 17.3 Å². The van der Waals surface area contributed by atoms with Crippen LogP contribution in [-0.2, 0) is 11.8 Å². The van der Waals surface area contributed by atoms with Gasteiger partial charge in [0.05, 0.1) is 24.6 Å². The molecule has 0 spiro atoms. The van der Waals surface area contributed by atoms with Gasteiger partial charge in [0.1, 0.15) is 18.0 Å². The molecule has 2 aromatic heterocycles. The average molecular weight is 331 g/mol. The minimum absolute atomic E-state index is 0.0782. The van der Waals surface area contributed by atoms with E-state index in [4.69, 9.17) is 10.5 Å². The second-order valence-electron chi connectivity index (χ2n) is 5.66. The molecule has 0 aliphatic carbocycles. The van der Waals surface area contributed by atoms with Crippen LogP contribution in [0.5, 0.6) is 0 Å². The maximum absolute atomic E-state index is 11.7. The fraction of sp³-hybridized carbons (Fsp3) is 0.467. The highest BCUT2D eigenvalue weighted by Crippen LogP contribution is 2.16. The van der Waals surface area contributed by atoms with E-state index >= 15 is 0 Å². The van der Waals surface area contributed by atoms with Crippen LogP contribution in [0.3, 0.4) is 0 Å². The fourth-order valence-electron chi connectivity index (χ4n) is 2.59. The molecule has 24 heavy (non-hydrogen) atoms. The standard InChI is InChI=1S/C15H21N7O2/c1-21-15(23)6-11(8-20-21)22-4-5-24-12(9-22)2-3-17-14-7-13(16)18-10-19-14/h6-8,10,12H,2-5,9H2,1H3,(H3,16,17,18,19)/t12-/m1/s1. The number of hydrogen-bond donors (Lipinski definition) is 2. The van der Waals surface area contributed by atoms with E-state index in [1.54, 1.807) is 25.4 Å². The summed E-state index contributed by atoms with van der Waals surface area (Å²) in [5.74, 6) is 1.14. The second-order valence-corrected chi connectivity index (χ2v) is 5.66. The average Bonchev–Trinajstić information content (AvgIpc) is 2.58. The largest absolute Gasteiger partial charge is 0.384 e. The Labute approximate surface area is 139 Å². The van der Waals surface area contributed by atoms with E-state index < -0.39 is 0 Å². The van der Waals surface area contributed by atoms with Crippen molar-refractivity contribution in [2.75, 3.05) is 42.2 Å². The third-order valence-corrected chi connectivity index (χ3v) is 3.92. The van der Waals surface area contributed by atoms with Crippen LogP contribution in [0.25, 0.3) is 0 Å². The summed E-state index contributed by atoms with van der Waals surface area (Å²) in [6.45, 7) is 2.81. The van der Waals surface area contributed by atoms with Gasteiger partial charge in [-0.3, -0.25) is 4.79 Å². The van der Waals surface area contributed by atoms with Crippen LogP contribution in [0, 0.1) is 0 Å². The molecule has 1 aliphatic heterocycles. The first kappa shape index (κ1) is 16.2. The van der Waals surface area contributed by atoms with Crippen LogP contribution in [0.15, 0.2) is 29.5 Å². The number of ether oxygens (including phenoxy) is 1. The van der Waals surface area contributed by atoms with Crippen molar-refractivity contribution in [3.63, 3.8) is 0 Å². The van der Waals surface area contributed by atoms with E-state index in [1.165, 1.54) is 11.0 Å². The normalized spacial score (nSPS) is 17.7. The summed E-state index contributed by atoms with van der Waals surface area (Å²) >= 11 is 0. The highest BCUT2D eigenvalue weighted by molar-refractivity contribution is 5.44. The quantitative estimate of drug-likeness (QED) is 0.779. The van der Waals surface area contributed by atoms with Gasteiger partial charge in [0, 0.05) is 38.8 Å². The van der Waals surface area contributed by atoms with Gasteiger partial charge in [0.15, 0.2) is 0 Å². The number of nitrogens with one attached hydrogen (secondary N) is 1. The Hall–Kier alpha value is -2.68. The lowest BCUT2D eigenvalue weighted by atomic mass is 10.2. The van der Waals surface area contributed by atoms with Crippen molar-refractivity contribution < 1.29 is 4.74 Å². The molecule has 3 rings (SSSR count). The summed E-state index contributed by atoms with van der Waals surface area (Å²) in [7, 11) is 1.64. The molecule has 1 atom stereocenters. The summed E-state index contributed by atoms with van der Waals surface area (Å²) in [4.78, 5) is 21.8. The molecule has 0 aromatic carbocycles. The maximum Gasteiger partial charge on any atom is 0.268 e. The number of nitrogen functional groups attached to an aromatic ring is 1. The van der Waals surface area contributed by atoms with E-state index in [0.29, 0.717) is 24.8 Å². The lowest BCUT2D eigenvalue weighted by molar-refractivity contribution is 0.0374. The Kier molecular flexibility index (Phi) is 4.90. The SMILES string of the molecule is Cn1ncc(N2CCO[C@H](CCNc3cc(N)ncn3)C2)cc1=O. The first-order valence-electron chi connectivity index (χ1n) is 7.83. The summed E-state index contributed by atoms with van der Waals surface area (Å²) in [5, 5.41) is 7.28. The molecule has 0 saturated carbocycles. The van der Waals surface area contributed by atoms with E-state index in [-0.39, 0.29) is 11.7 Å². The van der Waals surface area contributed by atoms with Crippen molar-refractivity contribution in [1.82, 2.24) is 19.7 Å². The van der Waals surface area contributed by atoms with Crippen molar-refractivity contribution in [2.24, 2.45) is 7.05 Å². The molecule has 1 fully saturated rings. The monoisotopic (exact) mass is 331 g/mol. The predicted molar refractivity (Wildman–Crippen MR) is 91.0 cm³/mol. The highest BCUT2D eigenvalue weighted by Gasteiger charge is 2.21. The Morgan fingerprint density at radius 3 is 3.08 bits per heavy atom. The molecule has 0 radical (unpaired) electrons. The first-order chi connectivity index (χ1) is 11.6. The van der Waals surface area contributed by atoms with Crippen LogP contribution < -0.4 is 21.5 Å². The zero-order valence-corrected chi connectivity index (χ0v) is 13.6. The number of morpholine rings is 1. The molecule has 2 aromatic rings. The van der Waals surface area contributed by atoms with Crippen LogP contribution in [0.2, 0.25) is 0 Å². The van der Waals surface area contributed by atoms with Crippen LogP contribution in [0.4, 0.5) is 17.3 Å². The summed E-state index contributed by atoms with van der Waals surface area (Å²) in [5.41, 5.74) is 6.35. The number of nitrogens with two attached hydrogens (primary N) is 1. The molecular formula is C15H21N7O2. The lowest BCUT2D eigenvalue weighted by Gasteiger charge is -2.34. The Morgan fingerprint density at radius 1 is 1.42 bits per heavy atom. The summed E-state index contributed by atoms with van der Waals surface area (Å²) < 4.78 is 7.12. The van der Waals surface area contributed by atoms with Gasteiger partial charge in [0.25, 0.3) is 5.56 Å². The molecule has 3 heterocycles. The number of hydrogen-bond acceptors (Lipinski definition) is 8. The fourth-order valence-corrected chi connectivity index (χ4v) is 2.59. The molecule has 3 N–H and O–H groups in total. The van der Waals surface area contributed by atoms with E-state index in [1.807, 2.05) is 0 Å². The number of rotatable bonds is 5. The topological polar surface area (TPSA) is 111 Å². The molecule has 1 saturated heterocycles. The Balaban J connectivity index is 1.53. The maximum atomic E-state index is 11.7. The summed E-state index contributed by atoms with van der Waals surface area (Å²) in [6.07, 6.45) is 4.04. The smallest absolute Gasteiger partial charge is 0.268 e.